The second-order valence-electron chi connectivity index (χ2n) is 19.7. The maximum atomic E-state index is 14.4. The van der Waals surface area contributed by atoms with Crippen molar-refractivity contribution in [3.63, 3.8) is 0 Å². The third-order valence-corrected chi connectivity index (χ3v) is 13.4. The highest BCUT2D eigenvalue weighted by atomic mass is 16.5. The molecule has 4 aromatic rings. The number of anilines is 4. The molecule has 0 aliphatic rings. The van der Waals surface area contributed by atoms with Gasteiger partial charge >= 0.3 is 6.03 Å². The molecule has 0 aliphatic heterocycles. The Bertz CT molecular complexity index is 2940. The van der Waals surface area contributed by atoms with Crippen molar-refractivity contribution in [2.75, 3.05) is 75.9 Å². The van der Waals surface area contributed by atoms with Crippen LogP contribution in [0.4, 0.5) is 27.5 Å². The van der Waals surface area contributed by atoms with Crippen LogP contribution in [-0.2, 0) is 19.2 Å². The van der Waals surface area contributed by atoms with Gasteiger partial charge in [-0.15, -0.1) is 0 Å². The number of unbranched alkanes of at least 4 members (excludes halogenated alkanes) is 5. The molecule has 0 aliphatic carbocycles. The molecule has 0 saturated carbocycles. The maximum absolute atomic E-state index is 14.4. The highest BCUT2D eigenvalue weighted by molar-refractivity contribution is 6.07. The molecule has 27 heteroatoms. The molecule has 0 unspecified atom stereocenters. The molecule has 0 radical (unpaired) electrons. The van der Waals surface area contributed by atoms with Gasteiger partial charge in [0, 0.05) is 29.3 Å². The fourth-order valence-electron chi connectivity index (χ4n) is 8.79. The summed E-state index contributed by atoms with van der Waals surface area (Å²) >= 11 is 0. The van der Waals surface area contributed by atoms with Crippen molar-refractivity contribution < 1.29 is 62.1 Å². The zero-order valence-electron chi connectivity index (χ0n) is 48.5. The number of benzene rings is 4. The van der Waals surface area contributed by atoms with E-state index in [2.05, 4.69) is 42.5 Å². The zero-order chi connectivity index (χ0) is 62.4. The topological polar surface area (TPSA) is 443 Å². The summed E-state index contributed by atoms with van der Waals surface area (Å²) in [6.07, 6.45) is 5.61. The number of rotatable bonds is 37. The third kappa shape index (κ3) is 21.9. The quantitative estimate of drug-likeness (QED) is 0.0289. The maximum Gasteiger partial charge on any atom is 0.312 e. The lowest BCUT2D eigenvalue weighted by atomic mass is 10.0. The molecule has 0 fully saturated rings. The second-order valence-corrected chi connectivity index (χ2v) is 19.7. The van der Waals surface area contributed by atoms with E-state index >= 15 is 0 Å². The number of methoxy groups -OCH3 is 4. The van der Waals surface area contributed by atoms with Crippen molar-refractivity contribution in [2.45, 2.75) is 108 Å². The van der Waals surface area contributed by atoms with E-state index in [0.717, 1.165) is 0 Å². The summed E-state index contributed by atoms with van der Waals surface area (Å²) in [5.41, 5.74) is 34.5. The van der Waals surface area contributed by atoms with E-state index in [1.165, 1.54) is 95.2 Å². The first kappa shape index (κ1) is 68.4. The highest BCUT2D eigenvalue weighted by Gasteiger charge is 2.29. The second kappa shape index (κ2) is 35.8. The molecule has 20 N–H and O–H groups in total. The Kier molecular flexibility index (Phi) is 28.9. The van der Waals surface area contributed by atoms with E-state index in [0.29, 0.717) is 83.8 Å². The highest BCUT2D eigenvalue weighted by Crippen LogP contribution is 2.28. The summed E-state index contributed by atoms with van der Waals surface area (Å²) in [6, 6.07) is 12.2. The van der Waals surface area contributed by atoms with Gasteiger partial charge in [-0.05, 0) is 157 Å². The Balaban J connectivity index is 1.59. The van der Waals surface area contributed by atoms with Gasteiger partial charge in [-0.1, -0.05) is 19.3 Å². The molecular weight excluding hydrogens is 1100 g/mol. The lowest BCUT2D eigenvalue weighted by molar-refractivity contribution is -0.118. The number of carbonyl (C=O) groups excluding carboxylic acids is 9. The molecule has 462 valence electrons. The van der Waals surface area contributed by atoms with E-state index in [1.54, 1.807) is 6.07 Å². The lowest BCUT2D eigenvalue weighted by Crippen LogP contribution is -2.44. The van der Waals surface area contributed by atoms with Crippen LogP contribution >= 0.6 is 0 Å². The van der Waals surface area contributed by atoms with Crippen molar-refractivity contribution in [3.05, 3.63) is 95.1 Å². The van der Waals surface area contributed by atoms with Crippen LogP contribution in [0.3, 0.4) is 0 Å². The van der Waals surface area contributed by atoms with Crippen LogP contribution in [-0.4, -0.2) is 132 Å². The molecule has 0 aromatic heterocycles. The molecule has 4 atom stereocenters. The molecule has 0 heterocycles. The first-order valence-corrected chi connectivity index (χ1v) is 27.9. The average Bonchev–Trinajstić information content (AvgIpc) is 3.65. The summed E-state index contributed by atoms with van der Waals surface area (Å²) in [5, 5.41) is 21.8. The van der Waals surface area contributed by atoms with E-state index < -0.39 is 77.5 Å². The molecule has 0 spiro atoms. The van der Waals surface area contributed by atoms with Gasteiger partial charge in [0.05, 0.1) is 56.7 Å². The molecule has 10 amide bonds. The summed E-state index contributed by atoms with van der Waals surface area (Å²) in [6.45, 7) is 1.38. The Morgan fingerprint density at radius 1 is 0.400 bits per heavy atom. The number of hydrogen-bond acceptors (Lipinski definition) is 17. The Morgan fingerprint density at radius 2 is 0.706 bits per heavy atom. The summed E-state index contributed by atoms with van der Waals surface area (Å²) in [5.74, 6) is -4.92. The summed E-state index contributed by atoms with van der Waals surface area (Å²) in [7, 11) is 5.39. The van der Waals surface area contributed by atoms with Crippen molar-refractivity contribution in [1.82, 2.24) is 21.3 Å². The number of hydrogen-bond donors (Lipinski definition) is 14. The molecule has 0 saturated heterocycles. The van der Waals surface area contributed by atoms with Crippen LogP contribution in [0, 0.1) is 0 Å². The first-order valence-electron chi connectivity index (χ1n) is 27.9. The number of urea groups is 1. The monoisotopic (exact) mass is 1180 g/mol. The SMILES string of the molecule is COc1ccc(NC(=O)[C@H](CCCCN)NC(=O)c2cc(NC(=O)[C@H](CCCCNC(N)=O)NC(=O)c3cc(NC(=O)[C@H](CCCCCN)NC(=O)c4cc(NC(=O)[C@@H](N)CCCCN)ccc4OC)ccc3OC)ccc2OC)cc1C(N)=O. The van der Waals surface area contributed by atoms with E-state index in [9.17, 15) is 43.2 Å². The molecule has 85 heavy (non-hydrogen) atoms. The number of nitrogens with two attached hydrogens (primary N) is 6. The number of nitrogens with one attached hydrogen (secondary N) is 8. The van der Waals surface area contributed by atoms with Gasteiger partial charge in [-0.2, -0.15) is 0 Å². The largest absolute Gasteiger partial charge is 0.496 e. The third-order valence-electron chi connectivity index (χ3n) is 13.4. The Morgan fingerprint density at radius 3 is 1.05 bits per heavy atom. The van der Waals surface area contributed by atoms with Gasteiger partial charge in [0.1, 0.15) is 41.1 Å². The van der Waals surface area contributed by atoms with E-state index in [-0.39, 0.29) is 93.8 Å². The van der Waals surface area contributed by atoms with Crippen molar-refractivity contribution in [2.24, 2.45) is 34.4 Å². The van der Waals surface area contributed by atoms with Gasteiger partial charge in [0.2, 0.25) is 23.6 Å². The predicted octanol–water partition coefficient (Wildman–Crippen LogP) is 2.91. The minimum atomic E-state index is -1.26. The fraction of sp³-hybridized carbons (Fsp3) is 0.431. The van der Waals surface area contributed by atoms with Crippen molar-refractivity contribution in [3.8, 4) is 23.0 Å². The first-order chi connectivity index (χ1) is 40.8. The lowest BCUT2D eigenvalue weighted by Gasteiger charge is -2.22. The van der Waals surface area contributed by atoms with Crippen LogP contribution < -0.4 is 95.9 Å². The number of primary amides is 2. The van der Waals surface area contributed by atoms with Crippen LogP contribution in [0.25, 0.3) is 0 Å². The van der Waals surface area contributed by atoms with Crippen molar-refractivity contribution in [1.29, 1.82) is 0 Å². The Labute approximate surface area is 493 Å². The predicted molar refractivity (Wildman–Crippen MR) is 322 cm³/mol. The molecule has 27 nitrogen and oxygen atoms in total. The van der Waals surface area contributed by atoms with Crippen LogP contribution in [0.1, 0.15) is 125 Å². The van der Waals surface area contributed by atoms with Crippen LogP contribution in [0.5, 0.6) is 23.0 Å². The van der Waals surface area contributed by atoms with Gasteiger partial charge in [-0.3, -0.25) is 38.4 Å². The van der Waals surface area contributed by atoms with E-state index in [4.69, 9.17) is 53.3 Å². The number of carbonyl (C=O) groups is 9. The number of ether oxygens (including phenoxy) is 4. The minimum absolute atomic E-state index is 0.0217. The van der Waals surface area contributed by atoms with Gasteiger partial charge < -0.3 is 95.9 Å². The molecular formula is C58H82N14O13. The number of amides is 10. The van der Waals surface area contributed by atoms with Gasteiger partial charge in [0.25, 0.3) is 23.6 Å². The van der Waals surface area contributed by atoms with Gasteiger partial charge in [0.15, 0.2) is 0 Å². The average molecular weight is 1180 g/mol. The fourth-order valence-corrected chi connectivity index (χ4v) is 8.79. The van der Waals surface area contributed by atoms with E-state index in [1.807, 2.05) is 0 Å². The van der Waals surface area contributed by atoms with Crippen LogP contribution in [0.15, 0.2) is 72.8 Å². The smallest absolute Gasteiger partial charge is 0.312 e. The standard InChI is InChI=1S/C58H82N14O13/c1-82-46-22-18-34(30-38(46)50(63)73)67-56(79)44(16-8-12-28-61)71-52(75)40-33-37(21-25-48(40)84-3)69-57(80)45(17-9-13-29-65-58(64)81)72-53(76)41-32-36(20-24-49(41)85-4)68-55(78)43(15-6-5-10-26-59)70-51(74)39-31-35(19-23-47(39)83-2)66-54(77)42(62)14-7-11-27-60/h18-25,30-33,42-45H,5-17,26-29,59-62H2,1-4H3,(H2,63,73)(H,66,77)(H,67,79)(H,68,78)(H,69,80)(H,70,74)(H,71,75)(H,72,76)(H3,64,65,81)/t42-,43-,44-,45-/m0/s1. The Hall–Kier alpha value is -9.05. The normalized spacial score (nSPS) is 12.2. The molecule has 4 rings (SSSR count). The summed E-state index contributed by atoms with van der Waals surface area (Å²) < 4.78 is 21.7. The van der Waals surface area contributed by atoms with Gasteiger partial charge in [-0.25, -0.2) is 4.79 Å². The molecule has 0 bridgehead atoms. The molecule has 4 aromatic carbocycles. The summed E-state index contributed by atoms with van der Waals surface area (Å²) in [4.78, 5) is 121. The van der Waals surface area contributed by atoms with Crippen molar-refractivity contribution >= 4 is 76.0 Å². The van der Waals surface area contributed by atoms with Crippen LogP contribution in [0.2, 0.25) is 0 Å². The minimum Gasteiger partial charge on any atom is -0.496 e. The zero-order valence-corrected chi connectivity index (χ0v) is 48.5.